The third-order valence-corrected chi connectivity index (χ3v) is 5.12. The van der Waals surface area contributed by atoms with E-state index in [2.05, 4.69) is 0 Å². The minimum Gasteiger partial charge on any atom is -0.268 e. The van der Waals surface area contributed by atoms with Crippen LogP contribution in [0.2, 0.25) is 10.0 Å². The second-order valence-electron chi connectivity index (χ2n) is 5.18. The van der Waals surface area contributed by atoms with E-state index in [4.69, 9.17) is 23.2 Å². The zero-order valence-electron chi connectivity index (χ0n) is 13.1. The van der Waals surface area contributed by atoms with Crippen molar-refractivity contribution in [3.05, 3.63) is 68.8 Å². The highest BCUT2D eigenvalue weighted by Gasteiger charge is 2.40. The summed E-state index contributed by atoms with van der Waals surface area (Å²) in [5, 5.41) is 0.727. The molecule has 2 aromatic rings. The van der Waals surface area contributed by atoms with Gasteiger partial charge in [0.25, 0.3) is 11.8 Å². The average Bonchev–Trinajstić information content (AvgIpc) is 2.80. The SMILES string of the molecule is CCSC1=C(c2ccc(Cl)cc2Cl)C(=O)N(c2ccc(F)cc2)C1=O. The number of nitrogens with zero attached hydrogens (tertiary/aromatic N) is 1. The number of benzene rings is 2. The molecule has 0 aromatic heterocycles. The van der Waals surface area contributed by atoms with Gasteiger partial charge in [0, 0.05) is 10.6 Å². The van der Waals surface area contributed by atoms with Crippen molar-refractivity contribution in [1.82, 2.24) is 0 Å². The Morgan fingerprint density at radius 1 is 1.04 bits per heavy atom. The normalized spacial score (nSPS) is 14.6. The number of anilines is 1. The lowest BCUT2D eigenvalue weighted by Gasteiger charge is -2.15. The average molecular weight is 396 g/mol. The van der Waals surface area contributed by atoms with Crippen molar-refractivity contribution in [2.75, 3.05) is 10.7 Å². The topological polar surface area (TPSA) is 37.4 Å². The molecular formula is C18H12Cl2FNO2S. The molecule has 7 heteroatoms. The fraction of sp³-hybridized carbons (Fsp3) is 0.111. The third-order valence-electron chi connectivity index (χ3n) is 3.62. The lowest BCUT2D eigenvalue weighted by Crippen LogP contribution is -2.31. The molecule has 25 heavy (non-hydrogen) atoms. The second-order valence-corrected chi connectivity index (χ2v) is 7.30. The molecule has 128 valence electrons. The van der Waals surface area contributed by atoms with Gasteiger partial charge >= 0.3 is 0 Å². The number of carbonyl (C=O) groups is 2. The standard InChI is InChI=1S/C18H12Cl2FNO2S/c1-2-25-16-15(13-8-3-10(19)9-14(13)20)17(23)22(18(16)24)12-6-4-11(21)5-7-12/h3-9H,2H2,1H3. The fourth-order valence-electron chi connectivity index (χ4n) is 2.54. The van der Waals surface area contributed by atoms with E-state index in [1.807, 2.05) is 6.92 Å². The van der Waals surface area contributed by atoms with Crippen LogP contribution in [0.4, 0.5) is 10.1 Å². The molecule has 2 aromatic carbocycles. The number of carbonyl (C=O) groups excluding carboxylic acids is 2. The Labute approximate surface area is 158 Å². The van der Waals surface area contributed by atoms with Crippen LogP contribution in [0.25, 0.3) is 5.57 Å². The maximum Gasteiger partial charge on any atom is 0.272 e. The summed E-state index contributed by atoms with van der Waals surface area (Å²) in [4.78, 5) is 27.1. The second kappa shape index (κ2) is 7.20. The van der Waals surface area contributed by atoms with Crippen LogP contribution in [-0.2, 0) is 9.59 Å². The number of amides is 2. The van der Waals surface area contributed by atoms with Gasteiger partial charge in [0.2, 0.25) is 0 Å². The van der Waals surface area contributed by atoms with Gasteiger partial charge in [-0.2, -0.15) is 0 Å². The van der Waals surface area contributed by atoms with Crippen LogP contribution >= 0.6 is 35.0 Å². The summed E-state index contributed by atoms with van der Waals surface area (Å²) in [5.74, 6) is -0.762. The van der Waals surface area contributed by atoms with Crippen LogP contribution in [-0.4, -0.2) is 17.6 Å². The molecule has 0 atom stereocenters. The van der Waals surface area contributed by atoms with Gasteiger partial charge in [0.1, 0.15) is 5.82 Å². The highest BCUT2D eigenvalue weighted by atomic mass is 35.5. The van der Waals surface area contributed by atoms with E-state index in [-0.39, 0.29) is 5.57 Å². The van der Waals surface area contributed by atoms with Crippen molar-refractivity contribution in [3.8, 4) is 0 Å². The lowest BCUT2D eigenvalue weighted by atomic mass is 10.1. The fourth-order valence-corrected chi connectivity index (χ4v) is 3.89. The Morgan fingerprint density at radius 3 is 2.32 bits per heavy atom. The van der Waals surface area contributed by atoms with E-state index in [9.17, 15) is 14.0 Å². The first-order valence-electron chi connectivity index (χ1n) is 7.41. The first-order chi connectivity index (χ1) is 11.9. The van der Waals surface area contributed by atoms with Crippen molar-refractivity contribution in [3.63, 3.8) is 0 Å². The summed E-state index contributed by atoms with van der Waals surface area (Å²) in [6.45, 7) is 1.89. The molecule has 0 radical (unpaired) electrons. The van der Waals surface area contributed by atoms with Gasteiger partial charge in [0.05, 0.1) is 21.2 Å². The molecule has 0 spiro atoms. The molecule has 2 amide bonds. The number of rotatable bonds is 4. The molecule has 1 aliphatic heterocycles. The Kier molecular flexibility index (Phi) is 5.18. The van der Waals surface area contributed by atoms with E-state index in [0.29, 0.717) is 32.0 Å². The first-order valence-corrected chi connectivity index (χ1v) is 9.15. The van der Waals surface area contributed by atoms with Crippen LogP contribution in [0.15, 0.2) is 47.4 Å². The number of hydrogen-bond acceptors (Lipinski definition) is 3. The maximum absolute atomic E-state index is 13.2. The van der Waals surface area contributed by atoms with Crippen LogP contribution in [0.1, 0.15) is 12.5 Å². The molecule has 0 saturated heterocycles. The Morgan fingerprint density at radius 2 is 1.72 bits per heavy atom. The van der Waals surface area contributed by atoms with E-state index in [0.717, 1.165) is 4.90 Å². The molecule has 1 heterocycles. The molecule has 0 saturated carbocycles. The minimum absolute atomic E-state index is 0.239. The molecular weight excluding hydrogens is 384 g/mol. The molecule has 1 aliphatic rings. The summed E-state index contributed by atoms with van der Waals surface area (Å²) in [6.07, 6.45) is 0. The van der Waals surface area contributed by atoms with Gasteiger partial charge in [-0.15, -0.1) is 11.8 Å². The number of halogens is 3. The molecule has 3 nitrogen and oxygen atoms in total. The molecule has 0 bridgehead atoms. The third kappa shape index (κ3) is 3.32. The van der Waals surface area contributed by atoms with Gasteiger partial charge in [-0.1, -0.05) is 36.2 Å². The molecule has 0 aliphatic carbocycles. The smallest absolute Gasteiger partial charge is 0.268 e. The van der Waals surface area contributed by atoms with E-state index < -0.39 is 17.6 Å². The van der Waals surface area contributed by atoms with Gasteiger partial charge in [-0.3, -0.25) is 9.59 Å². The van der Waals surface area contributed by atoms with Crippen molar-refractivity contribution >= 4 is 58.0 Å². The predicted molar refractivity (Wildman–Crippen MR) is 100 cm³/mol. The Balaban J connectivity index is 2.12. The Bertz CT molecular complexity index is 896. The van der Waals surface area contributed by atoms with Gasteiger partial charge in [-0.25, -0.2) is 9.29 Å². The molecule has 0 fully saturated rings. The predicted octanol–water partition coefficient (Wildman–Crippen LogP) is 5.17. The van der Waals surface area contributed by atoms with Crippen LogP contribution in [0.5, 0.6) is 0 Å². The van der Waals surface area contributed by atoms with Gasteiger partial charge in [0.15, 0.2) is 0 Å². The maximum atomic E-state index is 13.2. The summed E-state index contributed by atoms with van der Waals surface area (Å²) >= 11 is 13.4. The van der Waals surface area contributed by atoms with E-state index >= 15 is 0 Å². The number of imide groups is 1. The number of thioether (sulfide) groups is 1. The zero-order valence-corrected chi connectivity index (χ0v) is 15.4. The van der Waals surface area contributed by atoms with Crippen molar-refractivity contribution in [2.24, 2.45) is 0 Å². The van der Waals surface area contributed by atoms with Crippen LogP contribution in [0, 0.1) is 5.82 Å². The monoisotopic (exact) mass is 395 g/mol. The van der Waals surface area contributed by atoms with Crippen LogP contribution < -0.4 is 4.90 Å². The summed E-state index contributed by atoms with van der Waals surface area (Å²) in [6, 6.07) is 9.96. The zero-order chi connectivity index (χ0) is 18.1. The summed E-state index contributed by atoms with van der Waals surface area (Å²) < 4.78 is 13.2. The Hall–Kier alpha value is -1.82. The highest BCUT2D eigenvalue weighted by Crippen LogP contribution is 2.40. The minimum atomic E-state index is -0.489. The van der Waals surface area contributed by atoms with E-state index in [1.54, 1.807) is 12.1 Å². The van der Waals surface area contributed by atoms with Crippen molar-refractivity contribution in [1.29, 1.82) is 0 Å². The molecule has 0 unspecified atom stereocenters. The van der Waals surface area contributed by atoms with Crippen molar-refractivity contribution in [2.45, 2.75) is 6.92 Å². The first kappa shape index (κ1) is 18.0. The number of hydrogen-bond donors (Lipinski definition) is 0. The largest absolute Gasteiger partial charge is 0.272 e. The van der Waals surface area contributed by atoms with Crippen LogP contribution in [0.3, 0.4) is 0 Å². The molecule has 3 rings (SSSR count). The summed E-state index contributed by atoms with van der Waals surface area (Å²) in [7, 11) is 0. The van der Waals surface area contributed by atoms with E-state index in [1.165, 1.54) is 42.1 Å². The highest BCUT2D eigenvalue weighted by molar-refractivity contribution is 8.04. The molecule has 0 N–H and O–H groups in total. The van der Waals surface area contributed by atoms with Gasteiger partial charge in [-0.05, 0) is 42.2 Å². The van der Waals surface area contributed by atoms with Gasteiger partial charge < -0.3 is 0 Å². The summed E-state index contributed by atoms with van der Waals surface area (Å²) in [5.41, 5.74) is 0.999. The lowest BCUT2D eigenvalue weighted by molar-refractivity contribution is -0.119. The van der Waals surface area contributed by atoms with Crippen molar-refractivity contribution < 1.29 is 14.0 Å². The quantitative estimate of drug-likeness (QED) is 0.670.